The number of H-pyrrole nitrogens is 1. The third-order valence-electron chi connectivity index (χ3n) is 3.41. The predicted molar refractivity (Wildman–Crippen MR) is 96.8 cm³/mol. The molecule has 1 aromatic heterocycles. The Hall–Kier alpha value is -1.57. The summed E-state index contributed by atoms with van der Waals surface area (Å²) >= 11 is 17.1. The van der Waals surface area contributed by atoms with Gasteiger partial charge in [0.1, 0.15) is 11.6 Å². The first kappa shape index (κ1) is 18.8. The lowest BCUT2D eigenvalue weighted by Gasteiger charge is -2.12. The van der Waals surface area contributed by atoms with Gasteiger partial charge in [-0.25, -0.2) is 0 Å². The van der Waals surface area contributed by atoms with E-state index in [9.17, 15) is 4.79 Å². The van der Waals surface area contributed by atoms with Crippen LogP contribution in [0.1, 0.15) is 35.9 Å². The minimum absolute atomic E-state index is 0.226. The van der Waals surface area contributed by atoms with E-state index in [2.05, 4.69) is 15.5 Å². The van der Waals surface area contributed by atoms with Crippen molar-refractivity contribution in [3.05, 3.63) is 38.3 Å². The molecule has 2 N–H and O–H groups in total. The second-order valence-corrected chi connectivity index (χ2v) is 6.62. The highest BCUT2D eigenvalue weighted by atomic mass is 35.5. The van der Waals surface area contributed by atoms with E-state index in [0.29, 0.717) is 39.2 Å². The maximum absolute atomic E-state index is 12.4. The molecule has 1 aromatic carbocycles. The van der Waals surface area contributed by atoms with E-state index in [4.69, 9.17) is 40.2 Å². The summed E-state index contributed by atoms with van der Waals surface area (Å²) in [6.07, 6.45) is 0. The van der Waals surface area contributed by atoms with Gasteiger partial charge in [-0.2, -0.15) is 5.10 Å². The van der Waals surface area contributed by atoms with Gasteiger partial charge in [-0.3, -0.25) is 9.89 Å². The number of nitrogens with zero attached hydrogens (tertiary/aromatic N) is 2. The summed E-state index contributed by atoms with van der Waals surface area (Å²) < 4.78 is 7.58. The van der Waals surface area contributed by atoms with Crippen LogP contribution in [0, 0.1) is 4.77 Å². The molecule has 0 atom stereocenters. The van der Waals surface area contributed by atoms with Crippen LogP contribution in [-0.2, 0) is 6.54 Å². The zero-order chi connectivity index (χ0) is 17.9. The molecule has 1 heterocycles. The largest absolute Gasteiger partial charge is 0.496 e. The molecule has 0 saturated heterocycles. The van der Waals surface area contributed by atoms with Gasteiger partial charge in [0.25, 0.3) is 5.91 Å². The Labute approximate surface area is 155 Å². The first-order valence-electron chi connectivity index (χ1n) is 7.31. The molecule has 0 saturated carbocycles. The zero-order valence-corrected chi connectivity index (χ0v) is 15.8. The average molecular weight is 389 g/mol. The number of halogens is 2. The van der Waals surface area contributed by atoms with Crippen LogP contribution in [0.2, 0.25) is 10.0 Å². The highest BCUT2D eigenvalue weighted by Gasteiger charge is 2.16. The Morgan fingerprint density at radius 3 is 2.71 bits per heavy atom. The average Bonchev–Trinajstić information content (AvgIpc) is 2.90. The Morgan fingerprint density at radius 2 is 2.08 bits per heavy atom. The van der Waals surface area contributed by atoms with Gasteiger partial charge in [0.2, 0.25) is 0 Å². The minimum atomic E-state index is -0.300. The van der Waals surface area contributed by atoms with Gasteiger partial charge in [-0.15, -0.1) is 0 Å². The van der Waals surface area contributed by atoms with Gasteiger partial charge in [0.15, 0.2) is 4.77 Å². The number of rotatable bonds is 6. The molecule has 130 valence electrons. The van der Waals surface area contributed by atoms with Crippen LogP contribution in [-0.4, -0.2) is 34.3 Å². The summed E-state index contributed by atoms with van der Waals surface area (Å²) in [5, 5.41) is 10.4. The molecule has 0 radical (unpaired) electrons. The van der Waals surface area contributed by atoms with E-state index in [0.717, 1.165) is 5.82 Å². The molecule has 0 aliphatic heterocycles. The predicted octanol–water partition coefficient (Wildman–Crippen LogP) is 3.81. The van der Waals surface area contributed by atoms with E-state index >= 15 is 0 Å². The lowest BCUT2D eigenvalue weighted by atomic mass is 10.2. The van der Waals surface area contributed by atoms with E-state index in [1.54, 1.807) is 0 Å². The molecule has 24 heavy (non-hydrogen) atoms. The number of aromatic nitrogens is 3. The number of amides is 1. The zero-order valence-electron chi connectivity index (χ0n) is 13.5. The van der Waals surface area contributed by atoms with Gasteiger partial charge < -0.3 is 14.6 Å². The monoisotopic (exact) mass is 388 g/mol. The van der Waals surface area contributed by atoms with Crippen molar-refractivity contribution < 1.29 is 9.53 Å². The molecule has 9 heteroatoms. The second kappa shape index (κ2) is 8.00. The van der Waals surface area contributed by atoms with Crippen LogP contribution in [0.4, 0.5) is 0 Å². The molecule has 0 unspecified atom stereocenters. The first-order chi connectivity index (χ1) is 11.3. The lowest BCUT2D eigenvalue weighted by molar-refractivity contribution is 0.0949. The lowest BCUT2D eigenvalue weighted by Crippen LogP contribution is -2.28. The third kappa shape index (κ3) is 4.09. The van der Waals surface area contributed by atoms with Crippen LogP contribution in [0.3, 0.4) is 0 Å². The van der Waals surface area contributed by atoms with Crippen molar-refractivity contribution >= 4 is 41.3 Å². The van der Waals surface area contributed by atoms with Crippen molar-refractivity contribution in [3.8, 4) is 5.75 Å². The van der Waals surface area contributed by atoms with Crippen LogP contribution in [0.25, 0.3) is 0 Å². The second-order valence-electron chi connectivity index (χ2n) is 5.42. The smallest absolute Gasteiger partial charge is 0.255 e. The number of methoxy groups -OCH3 is 1. The van der Waals surface area contributed by atoms with Crippen LogP contribution in [0.15, 0.2) is 12.1 Å². The fourth-order valence-electron chi connectivity index (χ4n) is 2.24. The Balaban J connectivity index is 2.08. The molecule has 0 bridgehead atoms. The number of ether oxygens (including phenoxy) is 1. The van der Waals surface area contributed by atoms with Crippen molar-refractivity contribution in [3.63, 3.8) is 0 Å². The summed E-state index contributed by atoms with van der Waals surface area (Å²) in [7, 11) is 1.47. The minimum Gasteiger partial charge on any atom is -0.496 e. The third-order valence-corrected chi connectivity index (χ3v) is 4.45. The van der Waals surface area contributed by atoms with Gasteiger partial charge in [0.05, 0.1) is 22.7 Å². The summed E-state index contributed by atoms with van der Waals surface area (Å²) in [6, 6.07) is 3.00. The van der Waals surface area contributed by atoms with Crippen molar-refractivity contribution in [2.24, 2.45) is 0 Å². The quantitative estimate of drug-likeness (QED) is 0.737. The van der Waals surface area contributed by atoms with Crippen molar-refractivity contribution in [1.82, 2.24) is 20.1 Å². The highest BCUT2D eigenvalue weighted by molar-refractivity contribution is 7.71. The van der Waals surface area contributed by atoms with Crippen LogP contribution >= 0.6 is 35.4 Å². The van der Waals surface area contributed by atoms with E-state index < -0.39 is 0 Å². The van der Waals surface area contributed by atoms with Crippen molar-refractivity contribution in [1.29, 1.82) is 0 Å². The van der Waals surface area contributed by atoms with Gasteiger partial charge >= 0.3 is 0 Å². The van der Waals surface area contributed by atoms with Gasteiger partial charge in [-0.1, -0.05) is 37.0 Å². The molecule has 0 fully saturated rings. The van der Waals surface area contributed by atoms with Gasteiger partial charge in [-0.05, 0) is 18.3 Å². The fourth-order valence-corrected chi connectivity index (χ4v) is 2.79. The molecule has 2 rings (SSSR count). The number of nitrogens with one attached hydrogen (secondary N) is 2. The van der Waals surface area contributed by atoms with Gasteiger partial charge in [0, 0.05) is 25.1 Å². The number of carbonyl (C=O) groups is 1. The Bertz CT molecular complexity index is 801. The SMILES string of the molecule is COc1cc(Cl)c(Cl)cc1C(=O)NCCn1c(C(C)C)n[nH]c1=S. The van der Waals surface area contributed by atoms with E-state index in [1.807, 2.05) is 18.4 Å². The van der Waals surface area contributed by atoms with Crippen LogP contribution in [0.5, 0.6) is 5.75 Å². The summed E-state index contributed by atoms with van der Waals surface area (Å²) in [4.78, 5) is 12.4. The number of hydrogen-bond donors (Lipinski definition) is 2. The number of carbonyl (C=O) groups excluding carboxylic acids is 1. The molecule has 2 aromatic rings. The normalized spacial score (nSPS) is 10.9. The molecule has 0 aliphatic carbocycles. The highest BCUT2D eigenvalue weighted by Crippen LogP contribution is 2.30. The summed E-state index contributed by atoms with van der Waals surface area (Å²) in [6.45, 7) is 4.95. The first-order valence-corrected chi connectivity index (χ1v) is 8.48. The number of aromatic amines is 1. The van der Waals surface area contributed by atoms with E-state index in [-0.39, 0.29) is 11.8 Å². The molecule has 0 spiro atoms. The number of hydrogen-bond acceptors (Lipinski definition) is 4. The molecular weight excluding hydrogens is 371 g/mol. The fraction of sp³-hybridized carbons (Fsp3) is 0.400. The molecular formula is C15H18Cl2N4O2S. The topological polar surface area (TPSA) is 71.9 Å². The van der Waals surface area contributed by atoms with Crippen molar-refractivity contribution in [2.45, 2.75) is 26.3 Å². The maximum Gasteiger partial charge on any atom is 0.255 e. The Morgan fingerprint density at radius 1 is 1.42 bits per heavy atom. The summed E-state index contributed by atoms with van der Waals surface area (Å²) in [5.74, 6) is 1.14. The molecule has 1 amide bonds. The Kier molecular flexibility index (Phi) is 6.26. The molecule has 6 nitrogen and oxygen atoms in total. The van der Waals surface area contributed by atoms with Crippen molar-refractivity contribution in [2.75, 3.05) is 13.7 Å². The van der Waals surface area contributed by atoms with E-state index in [1.165, 1.54) is 19.2 Å². The molecule has 0 aliphatic rings. The van der Waals surface area contributed by atoms with Crippen LogP contribution < -0.4 is 10.1 Å². The summed E-state index contributed by atoms with van der Waals surface area (Å²) in [5.41, 5.74) is 0.326. The standard InChI is InChI=1S/C15H18Cl2N4O2S/c1-8(2)13-19-20-15(24)21(13)5-4-18-14(22)9-6-10(16)11(17)7-12(9)23-3/h6-8H,4-5H2,1-3H3,(H,18,22)(H,20,24). The number of benzene rings is 1. The maximum atomic E-state index is 12.4.